The first-order valence-corrected chi connectivity index (χ1v) is 7.25. The van der Waals surface area contributed by atoms with Gasteiger partial charge in [0.2, 0.25) is 0 Å². The highest BCUT2D eigenvalue weighted by atomic mass is 35.5. The molecule has 3 aromatic rings. The third-order valence-corrected chi connectivity index (χ3v) is 4.07. The molecule has 0 spiro atoms. The molecule has 1 aliphatic heterocycles. The molecule has 1 aliphatic rings. The fraction of sp³-hybridized carbons (Fsp3) is 0.188. The van der Waals surface area contributed by atoms with E-state index in [-0.39, 0.29) is 17.7 Å². The number of alkyl halides is 1. The number of imidazole rings is 1. The van der Waals surface area contributed by atoms with Gasteiger partial charge in [-0.25, -0.2) is 9.37 Å². The van der Waals surface area contributed by atoms with Crippen molar-refractivity contribution in [3.63, 3.8) is 0 Å². The first-order valence-electron chi connectivity index (χ1n) is 6.72. The summed E-state index contributed by atoms with van der Waals surface area (Å²) in [5, 5.41) is 0. The minimum absolute atomic E-state index is 0.0189. The van der Waals surface area contributed by atoms with Crippen molar-refractivity contribution in [3.8, 4) is 5.75 Å². The Morgan fingerprint density at radius 3 is 3.00 bits per heavy atom. The van der Waals surface area contributed by atoms with Crippen LogP contribution < -0.4 is 4.74 Å². The van der Waals surface area contributed by atoms with Crippen LogP contribution in [0.5, 0.6) is 5.75 Å². The maximum atomic E-state index is 13.4. The maximum absolute atomic E-state index is 13.4. The molecule has 0 saturated carbocycles. The summed E-state index contributed by atoms with van der Waals surface area (Å²) in [6.07, 6.45) is 0. The molecule has 0 fully saturated rings. The minimum atomic E-state index is -0.295. The number of halogens is 2. The Morgan fingerprint density at radius 2 is 2.14 bits per heavy atom. The van der Waals surface area contributed by atoms with Crippen molar-refractivity contribution in [3.05, 3.63) is 59.7 Å². The highest BCUT2D eigenvalue weighted by Crippen LogP contribution is 2.37. The third kappa shape index (κ3) is 1.90. The van der Waals surface area contributed by atoms with E-state index in [9.17, 15) is 4.39 Å². The second kappa shape index (κ2) is 4.74. The van der Waals surface area contributed by atoms with Crippen LogP contribution in [0.2, 0.25) is 0 Å². The maximum Gasteiger partial charge on any atom is 0.125 e. The van der Waals surface area contributed by atoms with Crippen molar-refractivity contribution >= 4 is 22.6 Å². The molecule has 1 atom stereocenters. The Labute approximate surface area is 125 Å². The Bertz CT molecular complexity index is 830. The van der Waals surface area contributed by atoms with E-state index < -0.39 is 0 Å². The average molecular weight is 303 g/mol. The fourth-order valence-electron chi connectivity index (χ4n) is 2.92. The predicted octanol–water partition coefficient (Wildman–Crippen LogP) is 3.90. The Hall–Kier alpha value is -2.07. The Morgan fingerprint density at radius 1 is 1.29 bits per heavy atom. The van der Waals surface area contributed by atoms with E-state index in [0.717, 1.165) is 22.7 Å². The number of hydrogen-bond donors (Lipinski definition) is 0. The number of benzene rings is 2. The summed E-state index contributed by atoms with van der Waals surface area (Å²) in [6.45, 7) is 0.534. The molecule has 1 aromatic heterocycles. The van der Waals surface area contributed by atoms with E-state index in [2.05, 4.69) is 4.98 Å². The van der Waals surface area contributed by atoms with Gasteiger partial charge in [0, 0.05) is 11.6 Å². The number of ether oxygens (including phenoxy) is 1. The molecule has 106 valence electrons. The van der Waals surface area contributed by atoms with Gasteiger partial charge in [0.15, 0.2) is 0 Å². The lowest BCUT2D eigenvalue weighted by atomic mass is 10.1. The molecule has 0 saturated heterocycles. The molecule has 1 unspecified atom stereocenters. The van der Waals surface area contributed by atoms with E-state index in [1.807, 2.05) is 28.8 Å². The number of nitrogens with zero attached hydrogens (tertiary/aromatic N) is 2. The van der Waals surface area contributed by atoms with Crippen LogP contribution in [0.1, 0.15) is 17.4 Å². The smallest absolute Gasteiger partial charge is 0.125 e. The second-order valence-corrected chi connectivity index (χ2v) is 5.30. The zero-order valence-corrected chi connectivity index (χ0v) is 11.8. The lowest BCUT2D eigenvalue weighted by Gasteiger charge is -2.15. The van der Waals surface area contributed by atoms with Gasteiger partial charge in [-0.15, -0.1) is 11.6 Å². The zero-order valence-electron chi connectivity index (χ0n) is 11.1. The average Bonchev–Trinajstić information content (AvgIpc) is 3.07. The van der Waals surface area contributed by atoms with Gasteiger partial charge in [0.25, 0.3) is 0 Å². The van der Waals surface area contributed by atoms with Gasteiger partial charge in [-0.2, -0.15) is 0 Å². The highest BCUT2D eigenvalue weighted by Gasteiger charge is 2.28. The monoisotopic (exact) mass is 302 g/mol. The van der Waals surface area contributed by atoms with Gasteiger partial charge in [-0.1, -0.05) is 18.2 Å². The molecule has 3 nitrogen and oxygen atoms in total. The summed E-state index contributed by atoms with van der Waals surface area (Å²) >= 11 is 6.03. The lowest BCUT2D eigenvalue weighted by molar-refractivity contribution is 0.317. The largest absolute Gasteiger partial charge is 0.491 e. The Balaban J connectivity index is 1.94. The van der Waals surface area contributed by atoms with Crippen LogP contribution in [0.3, 0.4) is 0 Å². The summed E-state index contributed by atoms with van der Waals surface area (Å²) in [4.78, 5) is 4.44. The second-order valence-electron chi connectivity index (χ2n) is 5.03. The van der Waals surface area contributed by atoms with Gasteiger partial charge in [-0.3, -0.25) is 0 Å². The Kier molecular flexibility index (Phi) is 2.86. The van der Waals surface area contributed by atoms with E-state index in [1.54, 1.807) is 6.07 Å². The summed E-state index contributed by atoms with van der Waals surface area (Å²) < 4.78 is 21.2. The molecule has 0 radical (unpaired) electrons. The molecular weight excluding hydrogens is 291 g/mol. The number of hydrogen-bond acceptors (Lipinski definition) is 2. The first kappa shape index (κ1) is 12.7. The number of fused-ring (bicyclic) bond motifs is 2. The van der Waals surface area contributed by atoms with Crippen molar-refractivity contribution in [2.45, 2.75) is 11.9 Å². The van der Waals surface area contributed by atoms with Crippen LogP contribution in [0.25, 0.3) is 11.0 Å². The number of aromatic nitrogens is 2. The van der Waals surface area contributed by atoms with E-state index in [4.69, 9.17) is 16.3 Å². The van der Waals surface area contributed by atoms with Crippen molar-refractivity contribution in [2.75, 3.05) is 6.61 Å². The fourth-order valence-corrected chi connectivity index (χ4v) is 3.11. The summed E-state index contributed by atoms with van der Waals surface area (Å²) in [6, 6.07) is 12.6. The summed E-state index contributed by atoms with van der Waals surface area (Å²) in [5.74, 6) is 1.58. The molecular formula is C16H12ClFN2O. The van der Waals surface area contributed by atoms with Crippen LogP contribution in [0.4, 0.5) is 4.39 Å². The summed E-state index contributed by atoms with van der Waals surface area (Å²) in [7, 11) is 0. The molecule has 2 heterocycles. The van der Waals surface area contributed by atoms with Gasteiger partial charge in [0.05, 0.1) is 23.0 Å². The van der Waals surface area contributed by atoms with Gasteiger partial charge in [0.1, 0.15) is 24.0 Å². The molecule has 21 heavy (non-hydrogen) atoms. The van der Waals surface area contributed by atoms with Crippen molar-refractivity contribution in [1.29, 1.82) is 0 Å². The third-order valence-electron chi connectivity index (χ3n) is 3.83. The number of para-hydroxylation sites is 1. The highest BCUT2D eigenvalue weighted by molar-refractivity contribution is 6.16. The topological polar surface area (TPSA) is 27.1 Å². The molecule has 0 aliphatic carbocycles. The molecule has 0 amide bonds. The quantitative estimate of drug-likeness (QED) is 0.671. The summed E-state index contributed by atoms with van der Waals surface area (Å²) in [5.41, 5.74) is 2.60. The van der Waals surface area contributed by atoms with Crippen LogP contribution in [0.15, 0.2) is 42.5 Å². The minimum Gasteiger partial charge on any atom is -0.491 e. The standard InChI is InChI=1S/C16H12ClFN2O/c17-8-16-19-12-7-10(18)5-6-13(12)20(16)14-9-21-15-4-2-1-3-11(14)15/h1-7,14H,8-9H2. The van der Waals surface area contributed by atoms with Crippen LogP contribution in [0, 0.1) is 5.82 Å². The molecule has 0 N–H and O–H groups in total. The van der Waals surface area contributed by atoms with Gasteiger partial charge >= 0.3 is 0 Å². The first-order chi connectivity index (χ1) is 10.3. The van der Waals surface area contributed by atoms with E-state index >= 15 is 0 Å². The normalized spacial score (nSPS) is 17.0. The molecule has 4 rings (SSSR count). The van der Waals surface area contributed by atoms with Crippen molar-refractivity contribution in [1.82, 2.24) is 9.55 Å². The van der Waals surface area contributed by atoms with Gasteiger partial charge in [-0.05, 0) is 18.2 Å². The molecule has 0 bridgehead atoms. The van der Waals surface area contributed by atoms with Crippen molar-refractivity contribution in [2.24, 2.45) is 0 Å². The van der Waals surface area contributed by atoms with E-state index in [1.165, 1.54) is 12.1 Å². The van der Waals surface area contributed by atoms with Crippen LogP contribution in [-0.2, 0) is 5.88 Å². The van der Waals surface area contributed by atoms with E-state index in [0.29, 0.717) is 12.1 Å². The number of rotatable bonds is 2. The lowest BCUT2D eigenvalue weighted by Crippen LogP contribution is -2.14. The van der Waals surface area contributed by atoms with Gasteiger partial charge < -0.3 is 9.30 Å². The molecule has 2 aromatic carbocycles. The zero-order chi connectivity index (χ0) is 14.4. The van der Waals surface area contributed by atoms with Crippen LogP contribution in [-0.4, -0.2) is 16.2 Å². The van der Waals surface area contributed by atoms with Crippen LogP contribution >= 0.6 is 11.6 Å². The van der Waals surface area contributed by atoms with Crippen molar-refractivity contribution < 1.29 is 9.13 Å². The molecule has 5 heteroatoms. The predicted molar refractivity (Wildman–Crippen MR) is 79.3 cm³/mol. The SMILES string of the molecule is Fc1ccc2c(c1)nc(CCl)n2C1COc2ccccc21.